The molecule has 1 atom stereocenters. The van der Waals surface area contributed by atoms with Gasteiger partial charge < -0.3 is 14.3 Å². The van der Waals surface area contributed by atoms with E-state index in [1.165, 1.54) is 5.56 Å². The summed E-state index contributed by atoms with van der Waals surface area (Å²) >= 11 is 0. The van der Waals surface area contributed by atoms with Gasteiger partial charge in [0.25, 0.3) is 0 Å². The number of carbonyl (C=O) groups is 1. The van der Waals surface area contributed by atoms with Crippen molar-refractivity contribution in [1.29, 1.82) is 0 Å². The van der Waals surface area contributed by atoms with Gasteiger partial charge in [-0.05, 0) is 43.4 Å². The van der Waals surface area contributed by atoms with E-state index in [1.807, 2.05) is 12.1 Å². The normalized spacial score (nSPS) is 12.0. The zero-order valence-electron chi connectivity index (χ0n) is 12.4. The van der Waals surface area contributed by atoms with E-state index in [2.05, 4.69) is 19.9 Å². The molecule has 0 N–H and O–H groups in total. The van der Waals surface area contributed by atoms with Gasteiger partial charge in [-0.25, -0.2) is 0 Å². The number of ether oxygens (including phenoxy) is 2. The van der Waals surface area contributed by atoms with Crippen molar-refractivity contribution in [3.8, 4) is 11.5 Å². The van der Waals surface area contributed by atoms with Crippen LogP contribution in [-0.4, -0.2) is 19.5 Å². The highest BCUT2D eigenvalue weighted by Crippen LogP contribution is 2.32. The largest absolute Gasteiger partial charge is 0.493 e. The second-order valence-corrected chi connectivity index (χ2v) is 4.90. The Hall–Kier alpha value is -1.51. The molecule has 0 aliphatic heterocycles. The van der Waals surface area contributed by atoms with Gasteiger partial charge in [-0.1, -0.05) is 19.9 Å². The minimum absolute atomic E-state index is 0.238. The van der Waals surface area contributed by atoms with Crippen LogP contribution in [0.15, 0.2) is 18.2 Å². The molecule has 19 heavy (non-hydrogen) atoms. The molecule has 0 aliphatic rings. The molecule has 1 aromatic rings. The number of carbonyl (C=O) groups excluding carboxylic acids is 1. The molecule has 0 radical (unpaired) electrons. The number of ketones is 1. The fraction of sp³-hybridized carbons (Fsp3) is 0.562. The van der Waals surface area contributed by atoms with Crippen molar-refractivity contribution >= 4 is 5.78 Å². The van der Waals surface area contributed by atoms with Gasteiger partial charge in [-0.3, -0.25) is 0 Å². The zero-order valence-corrected chi connectivity index (χ0v) is 12.4. The van der Waals surface area contributed by atoms with Gasteiger partial charge in [-0.2, -0.15) is 0 Å². The summed E-state index contributed by atoms with van der Waals surface area (Å²) in [7, 11) is 1.65. The van der Waals surface area contributed by atoms with Crippen LogP contribution < -0.4 is 9.47 Å². The minimum atomic E-state index is 0.238. The standard InChI is InChI=1S/C16H24O3/c1-5-10-19-15-9-8-14(11-16(15)18-4)12(2)6-7-13(3)17/h8-9,11-12H,5-7,10H2,1-4H3. The first-order valence-electron chi connectivity index (χ1n) is 6.88. The molecule has 0 aromatic heterocycles. The van der Waals surface area contributed by atoms with Crippen molar-refractivity contribution in [1.82, 2.24) is 0 Å². The molecule has 0 saturated heterocycles. The zero-order chi connectivity index (χ0) is 14.3. The highest BCUT2D eigenvalue weighted by molar-refractivity contribution is 5.75. The van der Waals surface area contributed by atoms with Crippen LogP contribution in [0.5, 0.6) is 11.5 Å². The molecule has 3 heteroatoms. The Morgan fingerprint density at radius 3 is 2.63 bits per heavy atom. The molecule has 0 saturated carbocycles. The lowest BCUT2D eigenvalue weighted by molar-refractivity contribution is -0.117. The van der Waals surface area contributed by atoms with E-state index in [-0.39, 0.29) is 5.78 Å². The summed E-state index contributed by atoms with van der Waals surface area (Å²) < 4.78 is 11.0. The van der Waals surface area contributed by atoms with Gasteiger partial charge in [-0.15, -0.1) is 0 Å². The molecular weight excluding hydrogens is 240 g/mol. The summed E-state index contributed by atoms with van der Waals surface area (Å²) in [6.07, 6.45) is 2.46. The van der Waals surface area contributed by atoms with E-state index in [0.29, 0.717) is 18.9 Å². The van der Waals surface area contributed by atoms with Crippen LogP contribution in [0.2, 0.25) is 0 Å². The van der Waals surface area contributed by atoms with Crippen molar-refractivity contribution in [2.75, 3.05) is 13.7 Å². The van der Waals surface area contributed by atoms with Crippen LogP contribution in [-0.2, 0) is 4.79 Å². The van der Waals surface area contributed by atoms with Crippen molar-refractivity contribution in [2.24, 2.45) is 0 Å². The number of rotatable bonds is 8. The quantitative estimate of drug-likeness (QED) is 0.713. The smallest absolute Gasteiger partial charge is 0.161 e. The Labute approximate surface area is 115 Å². The third-order valence-corrected chi connectivity index (χ3v) is 3.15. The lowest BCUT2D eigenvalue weighted by Crippen LogP contribution is -2.01. The van der Waals surface area contributed by atoms with Gasteiger partial charge in [0.2, 0.25) is 0 Å². The topological polar surface area (TPSA) is 35.5 Å². The number of hydrogen-bond donors (Lipinski definition) is 0. The molecule has 3 nitrogen and oxygen atoms in total. The summed E-state index contributed by atoms with van der Waals surface area (Å²) in [5.74, 6) is 2.13. The molecule has 0 amide bonds. The average Bonchev–Trinajstić information content (AvgIpc) is 2.42. The van der Waals surface area contributed by atoms with Crippen molar-refractivity contribution < 1.29 is 14.3 Å². The number of benzene rings is 1. The lowest BCUT2D eigenvalue weighted by atomic mass is 9.95. The molecule has 0 bridgehead atoms. The summed E-state index contributed by atoms with van der Waals surface area (Å²) in [5, 5.41) is 0. The van der Waals surface area contributed by atoms with Crippen LogP contribution in [0.25, 0.3) is 0 Å². The third kappa shape index (κ3) is 4.93. The van der Waals surface area contributed by atoms with Gasteiger partial charge >= 0.3 is 0 Å². The molecule has 0 fully saturated rings. The van der Waals surface area contributed by atoms with E-state index >= 15 is 0 Å². The van der Waals surface area contributed by atoms with Crippen LogP contribution in [0.1, 0.15) is 51.5 Å². The maximum Gasteiger partial charge on any atom is 0.161 e. The maximum atomic E-state index is 11.0. The minimum Gasteiger partial charge on any atom is -0.493 e. The van der Waals surface area contributed by atoms with Gasteiger partial charge in [0, 0.05) is 6.42 Å². The third-order valence-electron chi connectivity index (χ3n) is 3.15. The first-order chi connectivity index (χ1) is 9.08. The molecule has 106 valence electrons. The van der Waals surface area contributed by atoms with Crippen LogP contribution in [0.4, 0.5) is 0 Å². The van der Waals surface area contributed by atoms with E-state index in [4.69, 9.17) is 9.47 Å². The van der Waals surface area contributed by atoms with Crippen LogP contribution >= 0.6 is 0 Å². The van der Waals surface area contributed by atoms with Crippen molar-refractivity contribution in [2.45, 2.75) is 46.0 Å². The first kappa shape index (κ1) is 15.5. The molecule has 0 spiro atoms. The monoisotopic (exact) mass is 264 g/mol. The molecule has 0 heterocycles. The predicted molar refractivity (Wildman–Crippen MR) is 77.1 cm³/mol. The van der Waals surface area contributed by atoms with E-state index in [1.54, 1.807) is 14.0 Å². The van der Waals surface area contributed by atoms with Gasteiger partial charge in [0.1, 0.15) is 5.78 Å². The molecule has 0 aliphatic carbocycles. The Bertz CT molecular complexity index is 412. The van der Waals surface area contributed by atoms with Crippen LogP contribution in [0, 0.1) is 0 Å². The molecule has 1 aromatic carbocycles. The molecular formula is C16H24O3. The summed E-state index contributed by atoms with van der Waals surface area (Å²) in [6.45, 7) is 6.53. The molecule has 1 rings (SSSR count). The highest BCUT2D eigenvalue weighted by Gasteiger charge is 2.11. The average molecular weight is 264 g/mol. The Morgan fingerprint density at radius 2 is 2.05 bits per heavy atom. The van der Waals surface area contributed by atoms with E-state index in [9.17, 15) is 4.79 Å². The summed E-state index contributed by atoms with van der Waals surface area (Å²) in [4.78, 5) is 11.0. The van der Waals surface area contributed by atoms with Crippen molar-refractivity contribution in [3.05, 3.63) is 23.8 Å². The second-order valence-electron chi connectivity index (χ2n) is 4.90. The fourth-order valence-corrected chi connectivity index (χ4v) is 1.91. The predicted octanol–water partition coefficient (Wildman–Crippen LogP) is 3.96. The molecule has 1 unspecified atom stereocenters. The number of hydrogen-bond acceptors (Lipinski definition) is 3. The highest BCUT2D eigenvalue weighted by atomic mass is 16.5. The Balaban J connectivity index is 2.77. The van der Waals surface area contributed by atoms with Crippen LogP contribution in [0.3, 0.4) is 0 Å². The first-order valence-corrected chi connectivity index (χ1v) is 6.88. The second kappa shape index (κ2) is 7.82. The SMILES string of the molecule is CCCOc1ccc(C(C)CCC(C)=O)cc1OC. The van der Waals surface area contributed by atoms with E-state index in [0.717, 1.165) is 24.3 Å². The summed E-state index contributed by atoms with van der Waals surface area (Å²) in [5.41, 5.74) is 1.18. The lowest BCUT2D eigenvalue weighted by Gasteiger charge is -2.15. The Kier molecular flexibility index (Phi) is 6.40. The summed E-state index contributed by atoms with van der Waals surface area (Å²) in [6, 6.07) is 6.02. The maximum absolute atomic E-state index is 11.0. The van der Waals surface area contributed by atoms with Gasteiger partial charge in [0.15, 0.2) is 11.5 Å². The number of Topliss-reactive ketones (excluding diaryl/α,β-unsaturated/α-hetero) is 1. The Morgan fingerprint density at radius 1 is 1.32 bits per heavy atom. The number of methoxy groups -OCH3 is 1. The van der Waals surface area contributed by atoms with Crippen molar-refractivity contribution in [3.63, 3.8) is 0 Å². The fourth-order valence-electron chi connectivity index (χ4n) is 1.91. The van der Waals surface area contributed by atoms with Gasteiger partial charge in [0.05, 0.1) is 13.7 Å². The van der Waals surface area contributed by atoms with E-state index < -0.39 is 0 Å².